The fraction of sp³-hybridized carbons (Fsp3) is 0.500. The number of nitrogens with zero attached hydrogens (tertiary/aromatic N) is 1. The molecular weight excluding hydrogens is 241 g/mol. The molecule has 88 valence electrons. The van der Waals surface area contributed by atoms with Gasteiger partial charge in [-0.1, -0.05) is 11.6 Å². The predicted molar refractivity (Wildman–Crippen MR) is 54.2 cm³/mol. The molecule has 1 aliphatic carbocycles. The van der Waals surface area contributed by atoms with Gasteiger partial charge in [0.05, 0.1) is 5.56 Å². The highest BCUT2D eigenvalue weighted by molar-refractivity contribution is 6.30. The molecule has 0 unspecified atom stereocenters. The second-order valence-electron chi connectivity index (χ2n) is 4.04. The largest absolute Gasteiger partial charge is 0.417 e. The van der Waals surface area contributed by atoms with Crippen LogP contribution in [0.25, 0.3) is 0 Å². The predicted octanol–water partition coefficient (Wildman–Crippen LogP) is 2.74. The minimum Gasteiger partial charge on any atom is -0.330 e. The van der Waals surface area contributed by atoms with Crippen molar-refractivity contribution in [1.29, 1.82) is 0 Å². The van der Waals surface area contributed by atoms with Gasteiger partial charge in [0.15, 0.2) is 0 Å². The van der Waals surface area contributed by atoms with E-state index in [9.17, 15) is 13.2 Å². The van der Waals surface area contributed by atoms with Gasteiger partial charge in [-0.25, -0.2) is 4.98 Å². The van der Waals surface area contributed by atoms with Gasteiger partial charge in [0.2, 0.25) is 0 Å². The summed E-state index contributed by atoms with van der Waals surface area (Å²) >= 11 is 5.82. The number of hydrogen-bond donors (Lipinski definition) is 1. The Bertz CT molecular complexity index is 413. The minimum atomic E-state index is -4.39. The highest BCUT2D eigenvalue weighted by Gasteiger charge is 2.46. The van der Waals surface area contributed by atoms with Gasteiger partial charge in [-0.2, -0.15) is 13.2 Å². The van der Waals surface area contributed by atoms with Gasteiger partial charge in [0.25, 0.3) is 0 Å². The molecule has 0 aliphatic heterocycles. The van der Waals surface area contributed by atoms with E-state index in [-0.39, 0.29) is 10.6 Å². The Labute approximate surface area is 95.6 Å². The molecule has 6 heteroatoms. The number of hydrogen-bond acceptors (Lipinski definition) is 2. The van der Waals surface area contributed by atoms with Crippen molar-refractivity contribution in [1.82, 2.24) is 4.98 Å². The molecule has 16 heavy (non-hydrogen) atoms. The average Bonchev–Trinajstić information content (AvgIpc) is 2.97. The molecule has 1 saturated carbocycles. The van der Waals surface area contributed by atoms with E-state index in [2.05, 4.69) is 4.98 Å². The lowest BCUT2D eigenvalue weighted by Gasteiger charge is -2.16. The number of alkyl halides is 3. The van der Waals surface area contributed by atoms with Crippen LogP contribution in [0, 0.1) is 0 Å². The van der Waals surface area contributed by atoms with E-state index >= 15 is 0 Å². The molecular formula is C10H10ClF3N2. The van der Waals surface area contributed by atoms with Crippen molar-refractivity contribution in [2.24, 2.45) is 5.73 Å². The maximum absolute atomic E-state index is 12.5. The SMILES string of the molecule is NCC1(c2cc(C(F)(F)F)cnc2Cl)CC1. The average molecular weight is 251 g/mol. The fourth-order valence-corrected chi connectivity index (χ4v) is 2.01. The zero-order chi connectivity index (χ0) is 12.0. The van der Waals surface area contributed by atoms with Gasteiger partial charge in [-0.15, -0.1) is 0 Å². The van der Waals surface area contributed by atoms with Crippen LogP contribution in [0.5, 0.6) is 0 Å². The van der Waals surface area contributed by atoms with E-state index in [0.29, 0.717) is 12.1 Å². The van der Waals surface area contributed by atoms with Crippen LogP contribution in [0.2, 0.25) is 5.15 Å². The van der Waals surface area contributed by atoms with Crippen LogP contribution in [0.3, 0.4) is 0 Å². The van der Waals surface area contributed by atoms with E-state index in [1.807, 2.05) is 0 Å². The maximum Gasteiger partial charge on any atom is 0.417 e. The van der Waals surface area contributed by atoms with Crippen LogP contribution >= 0.6 is 11.6 Å². The quantitative estimate of drug-likeness (QED) is 0.820. The molecule has 0 saturated heterocycles. The van der Waals surface area contributed by atoms with Crippen LogP contribution in [0.4, 0.5) is 13.2 Å². The first kappa shape index (κ1) is 11.7. The highest BCUT2D eigenvalue weighted by Crippen LogP contribution is 2.50. The number of aromatic nitrogens is 1. The zero-order valence-corrected chi connectivity index (χ0v) is 9.07. The van der Waals surface area contributed by atoms with Gasteiger partial charge < -0.3 is 5.73 Å². The molecule has 0 spiro atoms. The number of halogens is 4. The van der Waals surface area contributed by atoms with Gasteiger partial charge in [0, 0.05) is 18.2 Å². The van der Waals surface area contributed by atoms with Crippen LogP contribution in [0.1, 0.15) is 24.0 Å². The second-order valence-corrected chi connectivity index (χ2v) is 4.40. The molecule has 0 aromatic carbocycles. The summed E-state index contributed by atoms with van der Waals surface area (Å²) < 4.78 is 37.5. The van der Waals surface area contributed by atoms with Crippen molar-refractivity contribution in [2.45, 2.75) is 24.4 Å². The first-order chi connectivity index (χ1) is 7.39. The Hall–Kier alpha value is -0.810. The topological polar surface area (TPSA) is 38.9 Å². The summed E-state index contributed by atoms with van der Waals surface area (Å²) in [5.41, 5.74) is 4.83. The monoisotopic (exact) mass is 250 g/mol. The lowest BCUT2D eigenvalue weighted by molar-refractivity contribution is -0.137. The maximum atomic E-state index is 12.5. The molecule has 0 atom stereocenters. The van der Waals surface area contributed by atoms with E-state index < -0.39 is 11.7 Å². The zero-order valence-electron chi connectivity index (χ0n) is 8.31. The Kier molecular flexibility index (Phi) is 2.62. The number of pyridine rings is 1. The number of nitrogens with two attached hydrogens (primary N) is 1. The minimum absolute atomic E-state index is 0.121. The van der Waals surface area contributed by atoms with Crippen molar-refractivity contribution < 1.29 is 13.2 Å². The van der Waals surface area contributed by atoms with Gasteiger partial charge in [-0.05, 0) is 24.5 Å². The van der Waals surface area contributed by atoms with Crippen molar-refractivity contribution in [2.75, 3.05) is 6.54 Å². The molecule has 1 aliphatic rings. The molecule has 1 heterocycles. The summed E-state index contributed by atoms with van der Waals surface area (Å²) in [5.74, 6) is 0. The van der Waals surface area contributed by atoms with E-state index in [0.717, 1.165) is 25.1 Å². The third-order valence-corrected chi connectivity index (χ3v) is 3.28. The fourth-order valence-electron chi connectivity index (χ4n) is 1.71. The summed E-state index contributed by atoms with van der Waals surface area (Å²) in [6, 6.07) is 1.06. The number of rotatable bonds is 2. The normalized spacial score (nSPS) is 18.6. The third-order valence-electron chi connectivity index (χ3n) is 2.98. The van der Waals surface area contributed by atoms with Crippen LogP contribution in [-0.4, -0.2) is 11.5 Å². The molecule has 0 amide bonds. The summed E-state index contributed by atoms with van der Waals surface area (Å²) in [6.07, 6.45) is -2.10. The smallest absolute Gasteiger partial charge is 0.330 e. The summed E-state index contributed by atoms with van der Waals surface area (Å²) in [7, 11) is 0. The molecule has 1 fully saturated rings. The second kappa shape index (κ2) is 3.60. The Balaban J connectivity index is 2.46. The van der Waals surface area contributed by atoms with Crippen molar-refractivity contribution >= 4 is 11.6 Å². The van der Waals surface area contributed by atoms with Crippen LogP contribution in [0.15, 0.2) is 12.3 Å². The summed E-state index contributed by atoms with van der Waals surface area (Å²) in [6.45, 7) is 0.301. The van der Waals surface area contributed by atoms with E-state index in [1.165, 1.54) is 0 Å². The lowest BCUT2D eigenvalue weighted by atomic mass is 9.96. The summed E-state index contributed by atoms with van der Waals surface area (Å²) in [4.78, 5) is 3.59. The van der Waals surface area contributed by atoms with Crippen LogP contribution < -0.4 is 5.73 Å². The highest BCUT2D eigenvalue weighted by atomic mass is 35.5. The molecule has 1 aromatic heterocycles. The Morgan fingerprint density at radius 1 is 1.44 bits per heavy atom. The molecule has 1 aromatic rings. The lowest BCUT2D eigenvalue weighted by Crippen LogP contribution is -2.21. The Morgan fingerprint density at radius 3 is 2.50 bits per heavy atom. The van der Waals surface area contributed by atoms with Crippen LogP contribution in [-0.2, 0) is 11.6 Å². The van der Waals surface area contributed by atoms with Crippen molar-refractivity contribution in [3.05, 3.63) is 28.5 Å². The van der Waals surface area contributed by atoms with Gasteiger partial charge in [0.1, 0.15) is 5.15 Å². The first-order valence-electron chi connectivity index (χ1n) is 4.82. The third kappa shape index (κ3) is 1.89. The molecule has 0 bridgehead atoms. The standard InChI is InChI=1S/C10H10ClF3N2/c11-8-7(9(5-15)1-2-9)3-6(4-16-8)10(12,13)14/h3-4H,1-2,5,15H2. The molecule has 2 N–H and O–H groups in total. The molecule has 2 nitrogen and oxygen atoms in total. The van der Waals surface area contributed by atoms with E-state index in [1.54, 1.807) is 0 Å². The Morgan fingerprint density at radius 2 is 2.06 bits per heavy atom. The van der Waals surface area contributed by atoms with Gasteiger partial charge in [-0.3, -0.25) is 0 Å². The molecule has 0 radical (unpaired) electrons. The molecule has 2 rings (SSSR count). The summed E-state index contributed by atoms with van der Waals surface area (Å²) in [5, 5.41) is 0.121. The van der Waals surface area contributed by atoms with Crippen molar-refractivity contribution in [3.8, 4) is 0 Å². The van der Waals surface area contributed by atoms with E-state index in [4.69, 9.17) is 17.3 Å². The van der Waals surface area contributed by atoms with Gasteiger partial charge >= 0.3 is 6.18 Å². The first-order valence-corrected chi connectivity index (χ1v) is 5.20. The van der Waals surface area contributed by atoms with Crippen molar-refractivity contribution in [3.63, 3.8) is 0 Å².